The highest BCUT2D eigenvalue weighted by Crippen LogP contribution is 2.35. The van der Waals surface area contributed by atoms with Crippen LogP contribution in [0.15, 0.2) is 54.9 Å². The summed E-state index contributed by atoms with van der Waals surface area (Å²) in [6.45, 7) is 6.35. The number of nitrogens with one attached hydrogen (secondary N) is 2. The number of hydrogen-bond donors (Lipinski definition) is 2. The number of aromatic amines is 2. The number of rotatable bonds is 4. The Balaban J connectivity index is 1.13. The molecule has 0 radical (unpaired) electrons. The van der Waals surface area contributed by atoms with Gasteiger partial charge < -0.3 is 14.7 Å². The van der Waals surface area contributed by atoms with Gasteiger partial charge in [0.2, 0.25) is 0 Å². The predicted octanol–water partition coefficient (Wildman–Crippen LogP) is 7.90. The Morgan fingerprint density at radius 2 is 1.71 bits per heavy atom. The second kappa shape index (κ2) is 10.0. The number of benzene rings is 2. The summed E-state index contributed by atoms with van der Waals surface area (Å²) in [7, 11) is 0. The Labute approximate surface area is 239 Å². The van der Waals surface area contributed by atoms with Crippen LogP contribution in [-0.2, 0) is 4.74 Å². The molecule has 4 heterocycles. The Kier molecular flexibility index (Phi) is 6.29. The van der Waals surface area contributed by atoms with Crippen molar-refractivity contribution in [3.63, 3.8) is 0 Å². The molecule has 0 spiro atoms. The summed E-state index contributed by atoms with van der Waals surface area (Å²) in [4.78, 5) is 36.0. The maximum Gasteiger partial charge on any atom is 0.410 e. The molecular weight excluding hydrogens is 512 g/mol. The number of carbonyl (C=O) groups excluding carboxylic acids is 1. The number of carbonyl (C=O) groups is 1. The van der Waals surface area contributed by atoms with E-state index in [0.717, 1.165) is 68.8 Å². The van der Waals surface area contributed by atoms with Gasteiger partial charge in [0, 0.05) is 35.2 Å². The van der Waals surface area contributed by atoms with E-state index >= 15 is 0 Å². The first-order valence-electron chi connectivity index (χ1n) is 14.8. The molecule has 2 N–H and O–H groups in total. The number of likely N-dealkylation sites (tertiary alicyclic amines) is 1. The van der Waals surface area contributed by atoms with Gasteiger partial charge in [-0.15, -0.1) is 0 Å². The van der Waals surface area contributed by atoms with Crippen molar-refractivity contribution in [2.75, 3.05) is 6.54 Å². The number of fused-ring (bicyclic) bond motifs is 2. The third-order valence-corrected chi connectivity index (χ3v) is 8.36. The van der Waals surface area contributed by atoms with E-state index in [2.05, 4.69) is 51.4 Å². The van der Waals surface area contributed by atoms with Crippen molar-refractivity contribution in [2.45, 2.75) is 76.9 Å². The Morgan fingerprint density at radius 3 is 2.54 bits per heavy atom. The first kappa shape index (κ1) is 25.7. The third-order valence-electron chi connectivity index (χ3n) is 8.36. The molecule has 1 saturated heterocycles. The summed E-state index contributed by atoms with van der Waals surface area (Å²) in [5.74, 6) is 2.49. The standard InChI is InChI=1S/C33H36N6O2/c1-33(2,3)41-32(40)39-14-6-9-29(39)31-36-25-13-12-23(17-27(25)37-31)26-16-21-10-11-22(15-24(21)18-34-26)28-19-35-30(38-28)20-7-4-5-8-20/h10-13,15-20,29H,4-9,14H2,1-3H3,(H,35,38)(H,36,37)/t29-/m0/s1. The first-order valence-corrected chi connectivity index (χ1v) is 14.8. The molecule has 0 unspecified atom stereocenters. The predicted molar refractivity (Wildman–Crippen MR) is 161 cm³/mol. The largest absolute Gasteiger partial charge is 0.444 e. The van der Waals surface area contributed by atoms with Crippen molar-refractivity contribution in [3.05, 3.63) is 66.5 Å². The maximum absolute atomic E-state index is 12.8. The van der Waals surface area contributed by atoms with Crippen LogP contribution in [0.4, 0.5) is 4.79 Å². The second-order valence-electron chi connectivity index (χ2n) is 12.5. The van der Waals surface area contributed by atoms with Gasteiger partial charge in [0.15, 0.2) is 0 Å². The molecule has 5 aromatic rings. The van der Waals surface area contributed by atoms with Crippen LogP contribution in [0.2, 0.25) is 0 Å². The zero-order valence-electron chi connectivity index (χ0n) is 23.9. The van der Waals surface area contributed by atoms with E-state index in [9.17, 15) is 4.79 Å². The average molecular weight is 549 g/mol. The van der Waals surface area contributed by atoms with E-state index < -0.39 is 5.60 Å². The number of imidazole rings is 2. The zero-order chi connectivity index (χ0) is 28.1. The highest BCUT2D eigenvalue weighted by Gasteiger charge is 2.35. The van der Waals surface area contributed by atoms with Gasteiger partial charge in [-0.3, -0.25) is 9.88 Å². The van der Waals surface area contributed by atoms with Crippen molar-refractivity contribution < 1.29 is 9.53 Å². The van der Waals surface area contributed by atoms with Crippen molar-refractivity contribution in [1.29, 1.82) is 0 Å². The van der Waals surface area contributed by atoms with E-state index in [1.54, 1.807) is 4.90 Å². The monoisotopic (exact) mass is 548 g/mol. The molecule has 1 aliphatic heterocycles. The van der Waals surface area contributed by atoms with Gasteiger partial charge in [-0.25, -0.2) is 14.8 Å². The molecule has 8 heteroatoms. The molecule has 7 rings (SSSR count). The number of pyridine rings is 1. The lowest BCUT2D eigenvalue weighted by Crippen LogP contribution is -2.36. The number of ether oxygens (including phenoxy) is 1. The van der Waals surface area contributed by atoms with Crippen LogP contribution in [0.3, 0.4) is 0 Å². The lowest BCUT2D eigenvalue weighted by atomic mass is 10.0. The maximum atomic E-state index is 12.8. The summed E-state index contributed by atoms with van der Waals surface area (Å²) < 4.78 is 5.65. The fourth-order valence-corrected chi connectivity index (χ4v) is 6.29. The molecule has 2 aromatic carbocycles. The van der Waals surface area contributed by atoms with Crippen molar-refractivity contribution in [3.8, 4) is 22.5 Å². The van der Waals surface area contributed by atoms with Crippen LogP contribution in [0, 0.1) is 0 Å². The smallest absolute Gasteiger partial charge is 0.410 e. The summed E-state index contributed by atoms with van der Waals surface area (Å²) in [6, 6.07) is 14.7. The molecule has 210 valence electrons. The number of aromatic nitrogens is 5. The van der Waals surface area contributed by atoms with Crippen molar-refractivity contribution in [1.82, 2.24) is 29.8 Å². The lowest BCUT2D eigenvalue weighted by molar-refractivity contribution is 0.0219. The number of H-pyrrole nitrogens is 2. The Bertz CT molecular complexity index is 1740. The first-order chi connectivity index (χ1) is 19.8. The van der Waals surface area contributed by atoms with E-state index in [1.165, 1.54) is 25.7 Å². The quantitative estimate of drug-likeness (QED) is 0.238. The van der Waals surface area contributed by atoms with Gasteiger partial charge in [-0.05, 0) is 76.1 Å². The highest BCUT2D eigenvalue weighted by molar-refractivity contribution is 5.90. The van der Waals surface area contributed by atoms with E-state index in [-0.39, 0.29) is 12.1 Å². The zero-order valence-corrected chi connectivity index (χ0v) is 23.9. The number of nitrogens with zero attached hydrogens (tertiary/aromatic N) is 4. The lowest BCUT2D eigenvalue weighted by Gasteiger charge is -2.27. The molecule has 1 atom stereocenters. The van der Waals surface area contributed by atoms with E-state index in [1.807, 2.05) is 39.2 Å². The molecule has 0 bridgehead atoms. The van der Waals surface area contributed by atoms with Gasteiger partial charge in [0.1, 0.15) is 17.2 Å². The number of amides is 1. The molecule has 1 saturated carbocycles. The minimum atomic E-state index is -0.529. The molecule has 2 aliphatic rings. The molecule has 8 nitrogen and oxygen atoms in total. The van der Waals surface area contributed by atoms with Crippen LogP contribution >= 0.6 is 0 Å². The fourth-order valence-electron chi connectivity index (χ4n) is 6.29. The van der Waals surface area contributed by atoms with Crippen molar-refractivity contribution >= 4 is 27.9 Å². The van der Waals surface area contributed by atoms with Crippen LogP contribution in [0.25, 0.3) is 44.3 Å². The van der Waals surface area contributed by atoms with Gasteiger partial charge in [-0.2, -0.15) is 0 Å². The van der Waals surface area contributed by atoms with Gasteiger partial charge in [0.05, 0.1) is 34.7 Å². The molecule has 41 heavy (non-hydrogen) atoms. The number of hydrogen-bond acceptors (Lipinski definition) is 5. The molecule has 2 fully saturated rings. The molecular formula is C33H36N6O2. The fraction of sp³-hybridized carbons (Fsp3) is 0.394. The van der Waals surface area contributed by atoms with Crippen molar-refractivity contribution in [2.24, 2.45) is 0 Å². The Morgan fingerprint density at radius 1 is 0.878 bits per heavy atom. The topological polar surface area (TPSA) is 99.8 Å². The van der Waals surface area contributed by atoms with Gasteiger partial charge in [0.25, 0.3) is 0 Å². The van der Waals surface area contributed by atoms with Crippen LogP contribution in [0.1, 0.15) is 82.9 Å². The second-order valence-corrected chi connectivity index (χ2v) is 12.5. The highest BCUT2D eigenvalue weighted by atomic mass is 16.6. The SMILES string of the molecule is CC(C)(C)OC(=O)N1CCC[C@H]1c1nc2ccc(-c3cc4ccc(-c5cnc(C6CCCC6)[nH]5)cc4cn3)cc2[nH]1. The molecule has 1 aliphatic carbocycles. The molecule has 1 amide bonds. The molecule has 3 aromatic heterocycles. The normalized spacial score (nSPS) is 18.1. The summed E-state index contributed by atoms with van der Waals surface area (Å²) in [6.07, 6.45) is 10.5. The van der Waals surface area contributed by atoms with Crippen LogP contribution < -0.4 is 0 Å². The Hall–Kier alpha value is -4.20. The minimum absolute atomic E-state index is 0.113. The van der Waals surface area contributed by atoms with E-state index in [4.69, 9.17) is 14.7 Å². The summed E-state index contributed by atoms with van der Waals surface area (Å²) in [5.41, 5.74) is 5.39. The third kappa shape index (κ3) is 5.07. The summed E-state index contributed by atoms with van der Waals surface area (Å²) in [5, 5.41) is 2.23. The van der Waals surface area contributed by atoms with E-state index in [0.29, 0.717) is 12.5 Å². The summed E-state index contributed by atoms with van der Waals surface area (Å²) >= 11 is 0. The van der Waals surface area contributed by atoms with Crippen LogP contribution in [-0.4, -0.2) is 48.1 Å². The van der Waals surface area contributed by atoms with Gasteiger partial charge >= 0.3 is 6.09 Å². The van der Waals surface area contributed by atoms with Gasteiger partial charge in [-0.1, -0.05) is 31.0 Å². The average Bonchev–Trinajstić information content (AvgIpc) is 3.77. The minimum Gasteiger partial charge on any atom is -0.444 e. The van der Waals surface area contributed by atoms with Crippen LogP contribution in [0.5, 0.6) is 0 Å².